The van der Waals surface area contributed by atoms with Gasteiger partial charge in [-0.1, -0.05) is 22.9 Å². The molecule has 4 rings (SSSR count). The summed E-state index contributed by atoms with van der Waals surface area (Å²) in [5.74, 6) is -5.01. The van der Waals surface area contributed by atoms with Gasteiger partial charge in [0.15, 0.2) is 11.7 Å². The molecule has 1 aliphatic rings. The number of nitrogens with zero attached hydrogens (tertiary/aromatic N) is 3. The van der Waals surface area contributed by atoms with Crippen molar-refractivity contribution in [1.82, 2.24) is 14.9 Å². The number of amides is 5. The summed E-state index contributed by atoms with van der Waals surface area (Å²) in [4.78, 5) is 58.6. The molecule has 170 valence electrons. The van der Waals surface area contributed by atoms with E-state index in [2.05, 4.69) is 15.1 Å². The van der Waals surface area contributed by atoms with Gasteiger partial charge >= 0.3 is 6.03 Å². The third kappa shape index (κ3) is 4.11. The van der Waals surface area contributed by atoms with Gasteiger partial charge in [-0.15, -0.1) is 5.06 Å². The maximum atomic E-state index is 14.1. The zero-order valence-corrected chi connectivity index (χ0v) is 18.6. The summed E-state index contributed by atoms with van der Waals surface area (Å²) in [6.45, 7) is 0. The average Bonchev–Trinajstić information content (AvgIpc) is 3.20. The standard InChI is InChI=1S/C20H14ClFN4O6S/c1-25-17(28)13(18(29)26(31-2)20(25)30)16(27)23-9-3-5-10(6-4-9)32-19-24-12-8-7-11(21)14(22)15(12)33-19/h3-8,13H,1-2H3,(H,23,27). The number of rotatable bonds is 5. The number of imide groups is 2. The first kappa shape index (κ1) is 22.6. The van der Waals surface area contributed by atoms with Gasteiger partial charge in [0.25, 0.3) is 17.0 Å². The first-order valence-electron chi connectivity index (χ1n) is 9.24. The molecule has 2 heterocycles. The van der Waals surface area contributed by atoms with Gasteiger partial charge in [0, 0.05) is 12.7 Å². The highest BCUT2D eigenvalue weighted by Crippen LogP contribution is 2.35. The van der Waals surface area contributed by atoms with Gasteiger partial charge in [-0.05, 0) is 36.4 Å². The van der Waals surface area contributed by atoms with Crippen LogP contribution in [0.5, 0.6) is 10.9 Å². The number of hydrogen-bond acceptors (Lipinski definition) is 8. The van der Waals surface area contributed by atoms with Crippen LogP contribution in [0.25, 0.3) is 10.2 Å². The molecule has 13 heteroatoms. The Balaban J connectivity index is 1.47. The van der Waals surface area contributed by atoms with Gasteiger partial charge < -0.3 is 10.1 Å². The molecule has 10 nitrogen and oxygen atoms in total. The highest BCUT2D eigenvalue weighted by Gasteiger charge is 2.49. The van der Waals surface area contributed by atoms with Gasteiger partial charge in [0.2, 0.25) is 5.91 Å². The number of hydrogen-bond donors (Lipinski definition) is 1. The number of benzene rings is 2. The van der Waals surface area contributed by atoms with Crippen molar-refractivity contribution in [2.45, 2.75) is 0 Å². The Hall–Kier alpha value is -3.61. The summed E-state index contributed by atoms with van der Waals surface area (Å²) in [6.07, 6.45) is 0. The lowest BCUT2D eigenvalue weighted by Gasteiger charge is -2.32. The SMILES string of the molecule is CON1C(=O)C(C(=O)Nc2ccc(Oc3nc4ccc(Cl)c(F)c4s3)cc2)C(=O)N(C)C1=O. The molecule has 0 aliphatic carbocycles. The highest BCUT2D eigenvalue weighted by molar-refractivity contribution is 7.20. The van der Waals surface area contributed by atoms with Crippen molar-refractivity contribution in [2.24, 2.45) is 5.92 Å². The molecule has 1 atom stereocenters. The molecule has 5 amide bonds. The Morgan fingerprint density at radius 1 is 1.15 bits per heavy atom. The number of nitrogens with one attached hydrogen (secondary N) is 1. The first-order chi connectivity index (χ1) is 15.7. The zero-order chi connectivity index (χ0) is 23.9. The predicted octanol–water partition coefficient (Wildman–Crippen LogP) is 3.42. The smallest absolute Gasteiger partial charge is 0.357 e. The molecular formula is C20H14ClFN4O6S. The Morgan fingerprint density at radius 3 is 2.52 bits per heavy atom. The second-order valence-electron chi connectivity index (χ2n) is 6.73. The topological polar surface area (TPSA) is 118 Å². The number of carbonyl (C=O) groups excluding carboxylic acids is 4. The number of carbonyl (C=O) groups is 4. The molecule has 33 heavy (non-hydrogen) atoms. The first-order valence-corrected chi connectivity index (χ1v) is 10.4. The van der Waals surface area contributed by atoms with Crippen molar-refractivity contribution in [2.75, 3.05) is 19.5 Å². The third-order valence-electron chi connectivity index (χ3n) is 4.69. The van der Waals surface area contributed by atoms with Crippen LogP contribution in [0, 0.1) is 11.7 Å². The van der Waals surface area contributed by atoms with Crippen LogP contribution in [0.15, 0.2) is 36.4 Å². The number of aromatic nitrogens is 1. The van der Waals surface area contributed by atoms with E-state index in [4.69, 9.17) is 16.3 Å². The van der Waals surface area contributed by atoms with E-state index < -0.39 is 35.5 Å². The molecular weight excluding hydrogens is 479 g/mol. The van der Waals surface area contributed by atoms with E-state index >= 15 is 0 Å². The Bertz CT molecular complexity index is 1300. The number of fused-ring (bicyclic) bond motifs is 1. The van der Waals surface area contributed by atoms with Gasteiger partial charge in [0.1, 0.15) is 5.75 Å². The molecule has 1 N–H and O–H groups in total. The molecule has 1 unspecified atom stereocenters. The van der Waals surface area contributed by atoms with Gasteiger partial charge in [-0.25, -0.2) is 14.2 Å². The van der Waals surface area contributed by atoms with E-state index in [1.165, 1.54) is 30.3 Å². The lowest BCUT2D eigenvalue weighted by Crippen LogP contribution is -2.60. The van der Waals surface area contributed by atoms with E-state index in [1.54, 1.807) is 6.07 Å². The molecule has 0 radical (unpaired) electrons. The number of hydroxylamine groups is 2. The number of urea groups is 1. The van der Waals surface area contributed by atoms with E-state index in [0.717, 1.165) is 25.5 Å². The lowest BCUT2D eigenvalue weighted by molar-refractivity contribution is -0.178. The van der Waals surface area contributed by atoms with Crippen molar-refractivity contribution in [3.05, 3.63) is 47.2 Å². The summed E-state index contributed by atoms with van der Waals surface area (Å²) >= 11 is 6.76. The van der Waals surface area contributed by atoms with Crippen molar-refractivity contribution >= 4 is 62.6 Å². The molecule has 1 aromatic heterocycles. The second-order valence-corrected chi connectivity index (χ2v) is 8.10. The van der Waals surface area contributed by atoms with Crippen molar-refractivity contribution in [3.63, 3.8) is 0 Å². The van der Waals surface area contributed by atoms with Crippen LogP contribution in [-0.4, -0.2) is 52.9 Å². The monoisotopic (exact) mass is 492 g/mol. The fourth-order valence-corrected chi connectivity index (χ4v) is 4.10. The van der Waals surface area contributed by atoms with E-state index in [9.17, 15) is 23.6 Å². The Kier molecular flexibility index (Phi) is 5.97. The number of thiazole rings is 1. The van der Waals surface area contributed by atoms with Crippen LogP contribution in [-0.2, 0) is 19.2 Å². The predicted molar refractivity (Wildman–Crippen MR) is 115 cm³/mol. The van der Waals surface area contributed by atoms with Crippen LogP contribution >= 0.6 is 22.9 Å². The number of halogens is 2. The maximum absolute atomic E-state index is 14.1. The van der Waals surface area contributed by atoms with E-state index in [0.29, 0.717) is 21.2 Å². The largest absolute Gasteiger partial charge is 0.431 e. The summed E-state index contributed by atoms with van der Waals surface area (Å²) < 4.78 is 20.0. The third-order valence-corrected chi connectivity index (χ3v) is 5.92. The molecule has 1 fully saturated rings. The molecule has 3 aromatic rings. The van der Waals surface area contributed by atoms with Crippen molar-refractivity contribution in [3.8, 4) is 10.9 Å². The van der Waals surface area contributed by atoms with E-state index in [1.807, 2.05) is 0 Å². The number of ether oxygens (including phenoxy) is 1. The van der Waals surface area contributed by atoms with Crippen LogP contribution in [0.1, 0.15) is 0 Å². The summed E-state index contributed by atoms with van der Waals surface area (Å²) in [7, 11) is 2.21. The van der Waals surface area contributed by atoms with E-state index in [-0.39, 0.29) is 20.6 Å². The molecule has 1 aliphatic heterocycles. The fraction of sp³-hybridized carbons (Fsp3) is 0.150. The maximum Gasteiger partial charge on any atom is 0.357 e. The Labute approximate surface area is 194 Å². The summed E-state index contributed by atoms with van der Waals surface area (Å²) in [5, 5.41) is 2.96. The second kappa shape index (κ2) is 8.73. The highest BCUT2D eigenvalue weighted by atomic mass is 35.5. The zero-order valence-electron chi connectivity index (χ0n) is 17.0. The quantitative estimate of drug-likeness (QED) is 0.542. The number of barbiturate groups is 1. The average molecular weight is 493 g/mol. The van der Waals surface area contributed by atoms with Gasteiger partial charge in [0.05, 0.1) is 22.3 Å². The molecule has 0 spiro atoms. The van der Waals surface area contributed by atoms with Gasteiger partial charge in [-0.2, -0.15) is 0 Å². The Morgan fingerprint density at radius 2 is 1.85 bits per heavy atom. The lowest BCUT2D eigenvalue weighted by atomic mass is 10.0. The molecule has 0 saturated carbocycles. The van der Waals surface area contributed by atoms with Crippen LogP contribution in [0.3, 0.4) is 0 Å². The molecule has 2 aromatic carbocycles. The fourth-order valence-electron chi connectivity index (χ4n) is 3.01. The minimum absolute atomic E-state index is 0.0168. The summed E-state index contributed by atoms with van der Waals surface area (Å²) in [5.41, 5.74) is 0.662. The van der Waals surface area contributed by atoms with Crippen molar-refractivity contribution in [1.29, 1.82) is 0 Å². The minimum Gasteiger partial charge on any atom is -0.431 e. The normalized spacial score (nSPS) is 16.5. The minimum atomic E-state index is -1.78. The molecule has 1 saturated heterocycles. The van der Waals surface area contributed by atoms with Gasteiger partial charge in [-0.3, -0.25) is 24.1 Å². The van der Waals surface area contributed by atoms with Crippen molar-refractivity contribution < 1.29 is 33.1 Å². The van der Waals surface area contributed by atoms with Crippen LogP contribution < -0.4 is 10.1 Å². The molecule has 0 bridgehead atoms. The van der Waals surface area contributed by atoms with Crippen LogP contribution in [0.2, 0.25) is 5.02 Å². The number of anilines is 1. The summed E-state index contributed by atoms with van der Waals surface area (Å²) in [6, 6.07) is 7.94. The van der Waals surface area contributed by atoms with Crippen LogP contribution in [0.4, 0.5) is 14.9 Å².